The molecule has 0 aliphatic rings. The van der Waals surface area contributed by atoms with Gasteiger partial charge in [-0.2, -0.15) is 4.98 Å². The molecule has 1 aromatic carbocycles. The Balaban J connectivity index is 1.33. The summed E-state index contributed by atoms with van der Waals surface area (Å²) in [5.74, 6) is 2.51. The molecule has 0 aliphatic carbocycles. The third kappa shape index (κ3) is 6.36. The number of amides is 1. The smallest absolute Gasteiger partial charge is 0.251 e. The number of H-pyrrole nitrogens is 1. The van der Waals surface area contributed by atoms with Crippen molar-refractivity contribution in [2.45, 2.75) is 19.8 Å². The van der Waals surface area contributed by atoms with Gasteiger partial charge in [0.15, 0.2) is 5.82 Å². The number of aromatic amines is 1. The Labute approximate surface area is 199 Å². The number of aryl methyl sites for hydroxylation is 2. The molecule has 4 rings (SSSR count). The Morgan fingerprint density at radius 1 is 1.06 bits per heavy atom. The van der Waals surface area contributed by atoms with Crippen LogP contribution in [-0.4, -0.2) is 37.4 Å². The van der Waals surface area contributed by atoms with E-state index in [1.165, 1.54) is 0 Å². The minimum atomic E-state index is -0.113. The third-order valence-electron chi connectivity index (χ3n) is 4.71. The first-order valence-electron chi connectivity index (χ1n) is 10.4. The lowest BCUT2D eigenvalue weighted by Gasteiger charge is -2.10. The van der Waals surface area contributed by atoms with E-state index in [0.29, 0.717) is 29.7 Å². The van der Waals surface area contributed by atoms with Crippen LogP contribution >= 0.6 is 15.9 Å². The molecule has 0 saturated carbocycles. The van der Waals surface area contributed by atoms with Crippen molar-refractivity contribution >= 4 is 45.1 Å². The van der Waals surface area contributed by atoms with Crippen molar-refractivity contribution in [2.75, 3.05) is 17.2 Å². The molecular formula is C23H23BrN8O. The third-order valence-corrected chi connectivity index (χ3v) is 5.29. The predicted octanol–water partition coefficient (Wildman–Crippen LogP) is 4.52. The van der Waals surface area contributed by atoms with Crippen LogP contribution in [0.1, 0.15) is 28.3 Å². The maximum absolute atomic E-state index is 12.4. The number of aromatic nitrogens is 5. The quantitative estimate of drug-likeness (QED) is 0.246. The summed E-state index contributed by atoms with van der Waals surface area (Å²) in [6.45, 7) is 2.51. The zero-order valence-corrected chi connectivity index (χ0v) is 19.6. The van der Waals surface area contributed by atoms with Gasteiger partial charge in [-0.1, -0.05) is 6.07 Å². The molecule has 0 atom stereocenters. The highest BCUT2D eigenvalue weighted by atomic mass is 79.9. The molecule has 10 heteroatoms. The predicted molar refractivity (Wildman–Crippen MR) is 131 cm³/mol. The number of pyridine rings is 1. The van der Waals surface area contributed by atoms with Crippen molar-refractivity contribution in [3.05, 3.63) is 82.6 Å². The van der Waals surface area contributed by atoms with E-state index in [1.54, 1.807) is 30.7 Å². The molecule has 0 radical (unpaired) electrons. The first-order chi connectivity index (χ1) is 16.1. The molecule has 3 aromatic heterocycles. The van der Waals surface area contributed by atoms with Crippen LogP contribution in [0, 0.1) is 6.92 Å². The normalized spacial score (nSPS) is 10.6. The second-order valence-electron chi connectivity index (χ2n) is 7.28. The second kappa shape index (κ2) is 10.7. The average molecular weight is 507 g/mol. The van der Waals surface area contributed by atoms with Gasteiger partial charge in [-0.05, 0) is 65.7 Å². The van der Waals surface area contributed by atoms with Crippen LogP contribution in [0.25, 0.3) is 0 Å². The van der Waals surface area contributed by atoms with Crippen LogP contribution in [0.4, 0.5) is 23.3 Å². The van der Waals surface area contributed by atoms with Crippen LogP contribution in [-0.2, 0) is 6.42 Å². The molecule has 0 fully saturated rings. The molecule has 0 aliphatic heterocycles. The summed E-state index contributed by atoms with van der Waals surface area (Å²) in [5, 5.41) is 9.27. The Hall–Kier alpha value is -3.79. The summed E-state index contributed by atoms with van der Waals surface area (Å²) in [4.78, 5) is 32.8. The van der Waals surface area contributed by atoms with Gasteiger partial charge in [-0.3, -0.25) is 4.79 Å². The van der Waals surface area contributed by atoms with Gasteiger partial charge in [0.05, 0.1) is 4.47 Å². The van der Waals surface area contributed by atoms with E-state index in [1.807, 2.05) is 37.3 Å². The van der Waals surface area contributed by atoms with Crippen molar-refractivity contribution < 1.29 is 4.79 Å². The van der Waals surface area contributed by atoms with Crippen molar-refractivity contribution in [1.29, 1.82) is 0 Å². The lowest BCUT2D eigenvalue weighted by molar-refractivity contribution is 0.0953. The lowest BCUT2D eigenvalue weighted by atomic mass is 10.2. The van der Waals surface area contributed by atoms with Crippen LogP contribution in [0.5, 0.6) is 0 Å². The van der Waals surface area contributed by atoms with Gasteiger partial charge < -0.3 is 20.9 Å². The molecular weight excluding hydrogens is 484 g/mol. The number of nitrogens with zero attached hydrogens (tertiary/aromatic N) is 4. The van der Waals surface area contributed by atoms with Crippen molar-refractivity contribution in [1.82, 2.24) is 30.2 Å². The SMILES string of the molecule is Cc1cccc(Nc2nc(Nc3ccc(C(=O)NCCCc4ncc[nH]4)cc3)ncc2Br)n1. The number of hydrogen-bond acceptors (Lipinski definition) is 7. The minimum Gasteiger partial charge on any atom is -0.352 e. The van der Waals surface area contributed by atoms with Gasteiger partial charge in [0.2, 0.25) is 5.95 Å². The number of benzene rings is 1. The summed E-state index contributed by atoms with van der Waals surface area (Å²) < 4.78 is 0.718. The number of hydrogen-bond donors (Lipinski definition) is 4. The molecule has 9 nitrogen and oxygen atoms in total. The molecule has 0 unspecified atom stereocenters. The Morgan fingerprint density at radius 2 is 1.91 bits per heavy atom. The van der Waals surface area contributed by atoms with Crippen LogP contribution in [0.3, 0.4) is 0 Å². The van der Waals surface area contributed by atoms with E-state index >= 15 is 0 Å². The second-order valence-corrected chi connectivity index (χ2v) is 8.13. The molecule has 0 saturated heterocycles. The minimum absolute atomic E-state index is 0.113. The largest absolute Gasteiger partial charge is 0.352 e. The molecule has 3 heterocycles. The number of imidazole rings is 1. The maximum atomic E-state index is 12.4. The van der Waals surface area contributed by atoms with E-state index in [4.69, 9.17) is 0 Å². The van der Waals surface area contributed by atoms with Gasteiger partial charge in [0.25, 0.3) is 5.91 Å². The monoisotopic (exact) mass is 506 g/mol. The van der Waals surface area contributed by atoms with Crippen LogP contribution < -0.4 is 16.0 Å². The van der Waals surface area contributed by atoms with E-state index in [0.717, 1.165) is 34.5 Å². The highest BCUT2D eigenvalue weighted by molar-refractivity contribution is 9.10. The van der Waals surface area contributed by atoms with Gasteiger partial charge in [-0.15, -0.1) is 0 Å². The summed E-state index contributed by atoms with van der Waals surface area (Å²) >= 11 is 3.46. The summed E-state index contributed by atoms with van der Waals surface area (Å²) in [6, 6.07) is 12.9. The number of halogens is 1. The fourth-order valence-electron chi connectivity index (χ4n) is 3.08. The Kier molecular flexibility index (Phi) is 7.26. The van der Waals surface area contributed by atoms with Crippen LogP contribution in [0.2, 0.25) is 0 Å². The number of rotatable bonds is 9. The van der Waals surface area contributed by atoms with E-state index in [-0.39, 0.29) is 5.91 Å². The van der Waals surface area contributed by atoms with Gasteiger partial charge in [-0.25, -0.2) is 15.0 Å². The Morgan fingerprint density at radius 3 is 2.67 bits per heavy atom. The lowest BCUT2D eigenvalue weighted by Crippen LogP contribution is -2.24. The van der Waals surface area contributed by atoms with Gasteiger partial charge >= 0.3 is 0 Å². The zero-order chi connectivity index (χ0) is 23.0. The number of anilines is 4. The summed E-state index contributed by atoms with van der Waals surface area (Å²) in [6.07, 6.45) is 6.79. The highest BCUT2D eigenvalue weighted by Crippen LogP contribution is 2.24. The molecule has 4 N–H and O–H groups in total. The van der Waals surface area contributed by atoms with Crippen molar-refractivity contribution in [3.8, 4) is 0 Å². The topological polar surface area (TPSA) is 121 Å². The highest BCUT2D eigenvalue weighted by Gasteiger charge is 2.09. The fourth-order valence-corrected chi connectivity index (χ4v) is 3.37. The number of nitrogens with one attached hydrogen (secondary N) is 4. The molecule has 1 amide bonds. The first-order valence-corrected chi connectivity index (χ1v) is 11.2. The van der Waals surface area contributed by atoms with E-state index in [2.05, 4.69) is 56.8 Å². The summed E-state index contributed by atoms with van der Waals surface area (Å²) in [7, 11) is 0. The van der Waals surface area contributed by atoms with Crippen LogP contribution in [0.15, 0.2) is 65.5 Å². The van der Waals surface area contributed by atoms with E-state index < -0.39 is 0 Å². The summed E-state index contributed by atoms with van der Waals surface area (Å²) in [5.41, 5.74) is 2.26. The van der Waals surface area contributed by atoms with Crippen molar-refractivity contribution in [2.24, 2.45) is 0 Å². The standard InChI is InChI=1S/C23H23BrN8O/c1-15-4-2-5-20(29-15)31-21-18(24)14-28-23(32-21)30-17-9-7-16(8-10-17)22(33)27-11-3-6-19-25-12-13-26-19/h2,4-5,7-10,12-14H,3,6,11H2,1H3,(H,25,26)(H,27,33)(H2,28,29,30,31,32). The molecule has 168 valence electrons. The zero-order valence-electron chi connectivity index (χ0n) is 18.0. The first kappa shape index (κ1) is 22.4. The molecule has 33 heavy (non-hydrogen) atoms. The van der Waals surface area contributed by atoms with Crippen molar-refractivity contribution in [3.63, 3.8) is 0 Å². The van der Waals surface area contributed by atoms with E-state index in [9.17, 15) is 4.79 Å². The van der Waals surface area contributed by atoms with Gasteiger partial charge in [0, 0.05) is 48.5 Å². The number of carbonyl (C=O) groups is 1. The maximum Gasteiger partial charge on any atom is 0.251 e. The molecule has 0 bridgehead atoms. The molecule has 0 spiro atoms. The Bertz CT molecular complexity index is 1210. The van der Waals surface area contributed by atoms with Gasteiger partial charge in [0.1, 0.15) is 11.6 Å². The average Bonchev–Trinajstić information content (AvgIpc) is 3.33. The number of carbonyl (C=O) groups excluding carboxylic acids is 1. The fraction of sp³-hybridized carbons (Fsp3) is 0.174. The molecule has 4 aromatic rings.